The highest BCUT2D eigenvalue weighted by atomic mass is 14.8. The van der Waals surface area contributed by atoms with Crippen LogP contribution in [0.5, 0.6) is 0 Å². The molecule has 0 aromatic rings. The smallest absolute Gasteiger partial charge is 0.0419 e. The first-order chi connectivity index (χ1) is 9.88. The molecule has 2 heteroatoms. The lowest BCUT2D eigenvalue weighted by atomic mass is 9.80. The Morgan fingerprint density at radius 3 is 1.57 bits per heavy atom. The highest BCUT2D eigenvalue weighted by molar-refractivity contribution is 5.84. The van der Waals surface area contributed by atoms with Crippen LogP contribution < -0.4 is 0 Å². The molecule has 2 bridgehead atoms. The summed E-state index contributed by atoms with van der Waals surface area (Å²) in [5, 5.41) is 0. The van der Waals surface area contributed by atoms with E-state index in [0.29, 0.717) is 11.8 Å². The van der Waals surface area contributed by atoms with Crippen LogP contribution in [0.15, 0.2) is 9.98 Å². The normalized spacial score (nSPS) is 33.5. The summed E-state index contributed by atoms with van der Waals surface area (Å²) in [6.45, 7) is 15.5. The van der Waals surface area contributed by atoms with Gasteiger partial charge in [0.1, 0.15) is 0 Å². The third-order valence-electron chi connectivity index (χ3n) is 5.91. The number of hydrogen-bond acceptors (Lipinski definition) is 2. The van der Waals surface area contributed by atoms with Gasteiger partial charge in [-0.2, -0.15) is 0 Å². The monoisotopic (exact) mass is 290 g/mol. The average Bonchev–Trinajstić information content (AvgIpc) is 3.01. The summed E-state index contributed by atoms with van der Waals surface area (Å²) >= 11 is 0. The molecule has 0 aromatic carbocycles. The fourth-order valence-electron chi connectivity index (χ4n) is 3.96. The van der Waals surface area contributed by atoms with E-state index in [1.54, 1.807) is 0 Å². The van der Waals surface area contributed by atoms with Crippen LogP contribution in [0.3, 0.4) is 0 Å². The molecule has 2 saturated carbocycles. The van der Waals surface area contributed by atoms with Crippen molar-refractivity contribution in [1.82, 2.24) is 0 Å². The van der Waals surface area contributed by atoms with Gasteiger partial charge in [0, 0.05) is 24.5 Å². The van der Waals surface area contributed by atoms with Crippen LogP contribution in [-0.2, 0) is 0 Å². The average molecular weight is 290 g/mol. The fourth-order valence-corrected chi connectivity index (χ4v) is 3.96. The highest BCUT2D eigenvalue weighted by Crippen LogP contribution is 2.52. The molecule has 0 heterocycles. The van der Waals surface area contributed by atoms with Crippen molar-refractivity contribution in [3.63, 3.8) is 0 Å². The van der Waals surface area contributed by atoms with E-state index in [0.717, 1.165) is 36.8 Å². The molecule has 0 saturated heterocycles. The minimum absolute atomic E-state index is 0.595. The topological polar surface area (TPSA) is 24.7 Å². The maximum absolute atomic E-state index is 4.86. The first kappa shape index (κ1) is 16.7. The summed E-state index contributed by atoms with van der Waals surface area (Å²) in [5.74, 6) is 4.71. The Balaban J connectivity index is 1.91. The Kier molecular flexibility index (Phi) is 5.62. The number of rotatable bonds is 6. The van der Waals surface area contributed by atoms with Crippen LogP contribution in [0.25, 0.3) is 0 Å². The molecule has 0 spiro atoms. The van der Waals surface area contributed by atoms with Gasteiger partial charge in [-0.3, -0.25) is 9.98 Å². The van der Waals surface area contributed by atoms with Crippen LogP contribution in [0.4, 0.5) is 0 Å². The molecule has 120 valence electrons. The van der Waals surface area contributed by atoms with Crippen molar-refractivity contribution in [2.24, 2.45) is 45.5 Å². The van der Waals surface area contributed by atoms with E-state index in [2.05, 4.69) is 41.5 Å². The molecule has 2 aliphatic carbocycles. The summed E-state index contributed by atoms with van der Waals surface area (Å²) in [6.07, 6.45) is 4.29. The lowest BCUT2D eigenvalue weighted by Gasteiger charge is -2.28. The van der Waals surface area contributed by atoms with Crippen molar-refractivity contribution >= 4 is 11.4 Å². The summed E-state index contributed by atoms with van der Waals surface area (Å²) in [5.41, 5.74) is 2.64. The molecule has 2 fully saturated rings. The van der Waals surface area contributed by atoms with Crippen molar-refractivity contribution in [3.8, 4) is 0 Å². The first-order valence-electron chi connectivity index (χ1n) is 8.90. The van der Waals surface area contributed by atoms with E-state index in [1.165, 1.54) is 30.7 Å². The predicted molar refractivity (Wildman–Crippen MR) is 93.4 cm³/mol. The van der Waals surface area contributed by atoms with Crippen molar-refractivity contribution in [3.05, 3.63) is 0 Å². The Morgan fingerprint density at radius 1 is 0.810 bits per heavy atom. The molecule has 2 atom stereocenters. The van der Waals surface area contributed by atoms with Crippen molar-refractivity contribution in [2.75, 3.05) is 13.1 Å². The predicted octanol–water partition coefficient (Wildman–Crippen LogP) is 4.88. The zero-order valence-electron chi connectivity index (χ0n) is 14.9. The lowest BCUT2D eigenvalue weighted by molar-refractivity contribution is 0.249. The van der Waals surface area contributed by atoms with Crippen LogP contribution in [-0.4, -0.2) is 24.5 Å². The minimum atomic E-state index is 0.595. The Bertz CT molecular complexity index is 370. The number of fused-ring (bicyclic) bond motifs is 2. The zero-order chi connectivity index (χ0) is 15.6. The maximum atomic E-state index is 4.86. The van der Waals surface area contributed by atoms with Crippen LogP contribution in [0.1, 0.15) is 60.8 Å². The molecular weight excluding hydrogens is 256 g/mol. The molecular formula is C19H34N2. The molecule has 0 amide bonds. The van der Waals surface area contributed by atoms with E-state index >= 15 is 0 Å². The number of aliphatic imine (C=N–C) groups is 2. The van der Waals surface area contributed by atoms with E-state index < -0.39 is 0 Å². The summed E-state index contributed by atoms with van der Waals surface area (Å²) in [4.78, 5) is 9.73. The van der Waals surface area contributed by atoms with Gasteiger partial charge in [-0.1, -0.05) is 27.7 Å². The SMILES string of the molecule is CC(=NCC1CC2CC(CN=C(C)C(C)C)C1C2)C(C)C. The molecule has 2 rings (SSSR count). The van der Waals surface area contributed by atoms with Gasteiger partial charge >= 0.3 is 0 Å². The van der Waals surface area contributed by atoms with Gasteiger partial charge in [0.2, 0.25) is 0 Å². The zero-order valence-corrected chi connectivity index (χ0v) is 14.9. The van der Waals surface area contributed by atoms with Crippen molar-refractivity contribution in [2.45, 2.75) is 60.8 Å². The van der Waals surface area contributed by atoms with Gasteiger partial charge in [0.25, 0.3) is 0 Å². The third kappa shape index (κ3) is 4.17. The Morgan fingerprint density at radius 2 is 1.24 bits per heavy atom. The van der Waals surface area contributed by atoms with Gasteiger partial charge in [-0.15, -0.1) is 0 Å². The van der Waals surface area contributed by atoms with Crippen LogP contribution in [0.2, 0.25) is 0 Å². The molecule has 0 radical (unpaired) electrons. The lowest BCUT2D eigenvalue weighted by Crippen LogP contribution is -2.25. The highest BCUT2D eigenvalue weighted by Gasteiger charge is 2.45. The van der Waals surface area contributed by atoms with E-state index in [4.69, 9.17) is 9.98 Å². The van der Waals surface area contributed by atoms with Crippen LogP contribution in [0, 0.1) is 35.5 Å². The standard InChI is InChI=1S/C19H34N2/c1-12(2)14(5)20-10-17-7-16-8-18(19(17)9-16)11-21-15(6)13(3)4/h12-13,16-19H,7-11H2,1-6H3. The summed E-state index contributed by atoms with van der Waals surface area (Å²) in [6, 6.07) is 0. The molecule has 21 heavy (non-hydrogen) atoms. The van der Waals surface area contributed by atoms with Crippen LogP contribution >= 0.6 is 0 Å². The molecule has 0 N–H and O–H groups in total. The van der Waals surface area contributed by atoms with Crippen molar-refractivity contribution in [1.29, 1.82) is 0 Å². The second-order valence-electron chi connectivity index (χ2n) is 8.03. The minimum Gasteiger partial charge on any atom is -0.294 e. The molecule has 2 unspecified atom stereocenters. The number of hydrogen-bond donors (Lipinski definition) is 0. The van der Waals surface area contributed by atoms with E-state index in [9.17, 15) is 0 Å². The number of nitrogens with zero attached hydrogens (tertiary/aromatic N) is 2. The third-order valence-corrected chi connectivity index (χ3v) is 5.91. The largest absolute Gasteiger partial charge is 0.294 e. The molecule has 0 aliphatic heterocycles. The quantitative estimate of drug-likeness (QED) is 0.623. The van der Waals surface area contributed by atoms with Gasteiger partial charge in [0.15, 0.2) is 0 Å². The summed E-state index contributed by atoms with van der Waals surface area (Å²) < 4.78 is 0. The van der Waals surface area contributed by atoms with E-state index in [-0.39, 0.29) is 0 Å². The van der Waals surface area contributed by atoms with Crippen molar-refractivity contribution < 1.29 is 0 Å². The first-order valence-corrected chi connectivity index (χ1v) is 8.90. The molecule has 0 aromatic heterocycles. The van der Waals surface area contributed by atoms with Gasteiger partial charge in [-0.25, -0.2) is 0 Å². The Labute approximate surface area is 131 Å². The van der Waals surface area contributed by atoms with Gasteiger partial charge in [0.05, 0.1) is 0 Å². The Hall–Kier alpha value is -0.660. The molecule has 2 nitrogen and oxygen atoms in total. The second-order valence-corrected chi connectivity index (χ2v) is 8.03. The maximum Gasteiger partial charge on any atom is 0.0419 e. The van der Waals surface area contributed by atoms with E-state index in [1.807, 2.05) is 0 Å². The summed E-state index contributed by atoms with van der Waals surface area (Å²) in [7, 11) is 0. The molecule has 2 aliphatic rings. The second kappa shape index (κ2) is 7.07. The van der Waals surface area contributed by atoms with Gasteiger partial charge < -0.3 is 0 Å². The van der Waals surface area contributed by atoms with Gasteiger partial charge in [-0.05, 0) is 68.6 Å². The fraction of sp³-hybridized carbons (Fsp3) is 0.895.